The minimum Gasteiger partial charge on any atom is -0.368 e. The van der Waals surface area contributed by atoms with E-state index in [0.29, 0.717) is 6.54 Å². The molecule has 112 valence electrons. The summed E-state index contributed by atoms with van der Waals surface area (Å²) in [5, 5.41) is 1.22. The molecule has 1 saturated heterocycles. The van der Waals surface area contributed by atoms with Gasteiger partial charge in [-0.2, -0.15) is 0 Å². The van der Waals surface area contributed by atoms with E-state index in [1.807, 2.05) is 6.07 Å². The largest absolute Gasteiger partial charge is 0.368 e. The highest BCUT2D eigenvalue weighted by molar-refractivity contribution is 5.92. The van der Waals surface area contributed by atoms with Gasteiger partial charge in [-0.05, 0) is 33.0 Å². The molecule has 1 aromatic heterocycles. The fourth-order valence-electron chi connectivity index (χ4n) is 3.02. The zero-order chi connectivity index (χ0) is 15.0. The monoisotopic (exact) mass is 284 g/mol. The molecule has 1 aromatic carbocycles. The standard InChI is InChI=1S/C17H24N4/c1-17(2)12-21(9-8-20(17)3)16-10-13(11-18)19-15-7-5-4-6-14(15)16/h4-7,10H,8-9,11-12,18H2,1-3H3. The summed E-state index contributed by atoms with van der Waals surface area (Å²) in [5.41, 5.74) is 9.26. The molecule has 0 unspecified atom stereocenters. The molecule has 1 aliphatic heterocycles. The molecule has 0 aliphatic carbocycles. The Kier molecular flexibility index (Phi) is 3.59. The third-order valence-corrected chi connectivity index (χ3v) is 4.61. The van der Waals surface area contributed by atoms with Gasteiger partial charge in [0, 0.05) is 42.8 Å². The Balaban J connectivity index is 2.07. The molecule has 0 spiro atoms. The van der Waals surface area contributed by atoms with E-state index in [1.165, 1.54) is 11.1 Å². The van der Waals surface area contributed by atoms with E-state index >= 15 is 0 Å². The lowest BCUT2D eigenvalue weighted by atomic mass is 9.98. The number of pyridine rings is 1. The Morgan fingerprint density at radius 2 is 2.00 bits per heavy atom. The van der Waals surface area contributed by atoms with Crippen LogP contribution in [0.3, 0.4) is 0 Å². The second-order valence-corrected chi connectivity index (χ2v) is 6.51. The second-order valence-electron chi connectivity index (χ2n) is 6.51. The van der Waals surface area contributed by atoms with Gasteiger partial charge in [-0.25, -0.2) is 0 Å². The van der Waals surface area contributed by atoms with Gasteiger partial charge in [-0.15, -0.1) is 0 Å². The van der Waals surface area contributed by atoms with Crippen molar-refractivity contribution in [2.75, 3.05) is 31.6 Å². The van der Waals surface area contributed by atoms with Crippen molar-refractivity contribution < 1.29 is 0 Å². The number of anilines is 1. The number of para-hydroxylation sites is 1. The van der Waals surface area contributed by atoms with Crippen molar-refractivity contribution in [2.24, 2.45) is 5.73 Å². The molecule has 3 rings (SSSR count). The van der Waals surface area contributed by atoms with Crippen LogP contribution in [0.5, 0.6) is 0 Å². The average molecular weight is 284 g/mol. The highest BCUT2D eigenvalue weighted by atomic mass is 15.3. The van der Waals surface area contributed by atoms with Crippen molar-refractivity contribution in [2.45, 2.75) is 25.9 Å². The molecular weight excluding hydrogens is 260 g/mol. The van der Waals surface area contributed by atoms with Crippen molar-refractivity contribution in [1.29, 1.82) is 0 Å². The molecule has 0 atom stereocenters. The SMILES string of the molecule is CN1CCN(c2cc(CN)nc3ccccc23)CC1(C)C. The Labute approximate surface area is 126 Å². The molecule has 2 heterocycles. The van der Waals surface area contributed by atoms with Crippen LogP contribution >= 0.6 is 0 Å². The third-order valence-electron chi connectivity index (χ3n) is 4.61. The number of nitrogens with two attached hydrogens (primary N) is 1. The number of nitrogens with zero attached hydrogens (tertiary/aromatic N) is 3. The number of likely N-dealkylation sites (N-methyl/N-ethyl adjacent to an activating group) is 1. The normalized spacial score (nSPS) is 19.1. The van der Waals surface area contributed by atoms with Crippen LogP contribution in [0.1, 0.15) is 19.5 Å². The van der Waals surface area contributed by atoms with Crippen molar-refractivity contribution in [3.63, 3.8) is 0 Å². The molecule has 0 saturated carbocycles. The van der Waals surface area contributed by atoms with E-state index in [9.17, 15) is 0 Å². The summed E-state index contributed by atoms with van der Waals surface area (Å²) >= 11 is 0. The first-order valence-corrected chi connectivity index (χ1v) is 7.56. The molecule has 1 aliphatic rings. The van der Waals surface area contributed by atoms with Crippen LogP contribution in [0.25, 0.3) is 10.9 Å². The highest BCUT2D eigenvalue weighted by Crippen LogP contribution is 2.30. The van der Waals surface area contributed by atoms with Crippen molar-refractivity contribution >= 4 is 16.6 Å². The molecular formula is C17H24N4. The van der Waals surface area contributed by atoms with Gasteiger partial charge in [0.1, 0.15) is 0 Å². The first-order valence-electron chi connectivity index (χ1n) is 7.56. The van der Waals surface area contributed by atoms with Crippen LogP contribution in [0, 0.1) is 0 Å². The number of rotatable bonds is 2. The zero-order valence-electron chi connectivity index (χ0n) is 13.1. The third kappa shape index (κ3) is 2.61. The highest BCUT2D eigenvalue weighted by Gasteiger charge is 2.31. The van der Waals surface area contributed by atoms with Gasteiger partial charge in [-0.3, -0.25) is 9.88 Å². The molecule has 0 radical (unpaired) electrons. The van der Waals surface area contributed by atoms with E-state index in [2.05, 4.69) is 59.9 Å². The number of fused-ring (bicyclic) bond motifs is 1. The van der Waals surface area contributed by atoms with Crippen LogP contribution in [0.4, 0.5) is 5.69 Å². The summed E-state index contributed by atoms with van der Waals surface area (Å²) in [7, 11) is 2.20. The maximum absolute atomic E-state index is 5.83. The van der Waals surface area contributed by atoms with Crippen molar-refractivity contribution in [3.05, 3.63) is 36.0 Å². The van der Waals surface area contributed by atoms with E-state index in [0.717, 1.165) is 30.8 Å². The minimum absolute atomic E-state index is 0.172. The molecule has 1 fully saturated rings. The summed E-state index contributed by atoms with van der Waals surface area (Å²) < 4.78 is 0. The van der Waals surface area contributed by atoms with Crippen molar-refractivity contribution in [1.82, 2.24) is 9.88 Å². The molecule has 21 heavy (non-hydrogen) atoms. The first-order chi connectivity index (χ1) is 10.0. The molecule has 0 bridgehead atoms. The average Bonchev–Trinajstić information content (AvgIpc) is 2.48. The molecule has 4 heteroatoms. The van der Waals surface area contributed by atoms with Gasteiger partial charge >= 0.3 is 0 Å². The smallest absolute Gasteiger partial charge is 0.0726 e. The number of hydrogen-bond donors (Lipinski definition) is 1. The van der Waals surface area contributed by atoms with Gasteiger partial charge in [0.15, 0.2) is 0 Å². The topological polar surface area (TPSA) is 45.4 Å². The van der Waals surface area contributed by atoms with E-state index in [4.69, 9.17) is 5.73 Å². The predicted octanol–water partition coefficient (Wildman–Crippen LogP) is 2.22. The lowest BCUT2D eigenvalue weighted by molar-refractivity contribution is 0.139. The summed E-state index contributed by atoms with van der Waals surface area (Å²) in [6.45, 7) is 8.20. The first kappa shape index (κ1) is 14.3. The second kappa shape index (κ2) is 5.28. The van der Waals surface area contributed by atoms with E-state index in [1.54, 1.807) is 0 Å². The Hall–Kier alpha value is -1.65. The lowest BCUT2D eigenvalue weighted by Gasteiger charge is -2.46. The summed E-state index contributed by atoms with van der Waals surface area (Å²) in [6, 6.07) is 10.5. The van der Waals surface area contributed by atoms with Gasteiger partial charge < -0.3 is 10.6 Å². The molecule has 0 amide bonds. The fraction of sp³-hybridized carbons (Fsp3) is 0.471. The predicted molar refractivity (Wildman–Crippen MR) is 88.6 cm³/mol. The van der Waals surface area contributed by atoms with Crippen LogP contribution in [0.15, 0.2) is 30.3 Å². The lowest BCUT2D eigenvalue weighted by Crippen LogP contribution is -2.57. The van der Waals surface area contributed by atoms with Crippen LogP contribution in [0.2, 0.25) is 0 Å². The Morgan fingerprint density at radius 3 is 2.71 bits per heavy atom. The van der Waals surface area contributed by atoms with Gasteiger partial charge in [0.25, 0.3) is 0 Å². The van der Waals surface area contributed by atoms with Gasteiger partial charge in [0.2, 0.25) is 0 Å². The Morgan fingerprint density at radius 1 is 1.24 bits per heavy atom. The van der Waals surface area contributed by atoms with Crippen LogP contribution < -0.4 is 10.6 Å². The minimum atomic E-state index is 0.172. The zero-order valence-corrected chi connectivity index (χ0v) is 13.1. The maximum atomic E-state index is 5.83. The van der Waals surface area contributed by atoms with Crippen LogP contribution in [-0.4, -0.2) is 42.1 Å². The number of aromatic nitrogens is 1. The molecule has 2 aromatic rings. The Bertz CT molecular complexity index is 650. The van der Waals surface area contributed by atoms with Crippen molar-refractivity contribution in [3.8, 4) is 0 Å². The maximum Gasteiger partial charge on any atom is 0.0726 e. The number of benzene rings is 1. The molecule has 2 N–H and O–H groups in total. The van der Waals surface area contributed by atoms with Crippen LogP contribution in [-0.2, 0) is 6.54 Å². The molecule has 4 nitrogen and oxygen atoms in total. The summed E-state index contributed by atoms with van der Waals surface area (Å²) in [4.78, 5) is 9.54. The summed E-state index contributed by atoms with van der Waals surface area (Å²) in [6.07, 6.45) is 0. The quantitative estimate of drug-likeness (QED) is 0.918. The van der Waals surface area contributed by atoms with E-state index < -0.39 is 0 Å². The summed E-state index contributed by atoms with van der Waals surface area (Å²) in [5.74, 6) is 0. The van der Waals surface area contributed by atoms with Gasteiger partial charge in [0.05, 0.1) is 11.2 Å². The van der Waals surface area contributed by atoms with Gasteiger partial charge in [-0.1, -0.05) is 18.2 Å². The number of hydrogen-bond acceptors (Lipinski definition) is 4. The number of piperazine rings is 1. The van der Waals surface area contributed by atoms with E-state index in [-0.39, 0.29) is 5.54 Å². The fourth-order valence-corrected chi connectivity index (χ4v) is 3.02.